The second kappa shape index (κ2) is 8.12. The third kappa shape index (κ3) is 3.79. The first kappa shape index (κ1) is 18.6. The van der Waals surface area contributed by atoms with Gasteiger partial charge in [-0.2, -0.15) is 5.10 Å². The number of carbonyl (C=O) groups is 1. The number of nitrogens with zero attached hydrogens (tertiary/aromatic N) is 5. The lowest BCUT2D eigenvalue weighted by Gasteiger charge is -2.38. The molecule has 1 aromatic carbocycles. The molecule has 2 aliphatic rings. The number of nitrogens with one attached hydrogen (secondary N) is 1. The maximum Gasteiger partial charge on any atom is 0.256 e. The van der Waals surface area contributed by atoms with Crippen molar-refractivity contribution in [3.63, 3.8) is 0 Å². The molecule has 1 unspecified atom stereocenters. The SMILES string of the molecule is O=C(c1cccc(Cl)c1F)N1CCN(CC2N=CC=CN2c2ccn[nH]2)CC1. The second-order valence-electron chi connectivity index (χ2n) is 6.66. The molecule has 2 aliphatic heterocycles. The standard InChI is InChI=1S/C19H20ClFN6O/c20-15-4-1-3-14(18(15)21)19(28)26-11-9-25(10-12-26)13-17-22-6-2-8-27(17)16-5-7-23-24-16/h1-8,17H,9-13H2,(H,23,24). The maximum atomic E-state index is 14.1. The Labute approximate surface area is 167 Å². The lowest BCUT2D eigenvalue weighted by atomic mass is 10.1. The van der Waals surface area contributed by atoms with Crippen LogP contribution in [0, 0.1) is 5.82 Å². The van der Waals surface area contributed by atoms with Gasteiger partial charge >= 0.3 is 0 Å². The number of anilines is 1. The number of amides is 1. The summed E-state index contributed by atoms with van der Waals surface area (Å²) in [6.45, 7) is 3.16. The number of piperazine rings is 1. The zero-order valence-electron chi connectivity index (χ0n) is 15.1. The number of allylic oxidation sites excluding steroid dienone is 1. The van der Waals surface area contributed by atoms with Gasteiger partial charge in [0.05, 0.1) is 16.8 Å². The molecule has 3 heterocycles. The number of rotatable bonds is 4. The molecular formula is C19H20ClFN6O. The summed E-state index contributed by atoms with van der Waals surface area (Å²) in [6.07, 6.45) is 7.27. The Morgan fingerprint density at radius 1 is 1.25 bits per heavy atom. The number of hydrogen-bond acceptors (Lipinski definition) is 5. The summed E-state index contributed by atoms with van der Waals surface area (Å²) in [5.41, 5.74) is 0.0217. The first-order chi connectivity index (χ1) is 13.6. The molecule has 1 saturated heterocycles. The van der Waals surface area contributed by atoms with Crippen molar-refractivity contribution >= 4 is 29.5 Å². The molecule has 1 amide bonds. The Hall–Kier alpha value is -2.71. The molecule has 7 nitrogen and oxygen atoms in total. The first-order valence-electron chi connectivity index (χ1n) is 9.07. The molecule has 146 valence electrons. The third-order valence-corrected chi connectivity index (χ3v) is 5.23. The zero-order valence-corrected chi connectivity index (χ0v) is 15.9. The van der Waals surface area contributed by atoms with Crippen LogP contribution in [-0.2, 0) is 0 Å². The van der Waals surface area contributed by atoms with Crippen molar-refractivity contribution in [1.29, 1.82) is 0 Å². The van der Waals surface area contributed by atoms with Gasteiger partial charge in [0.2, 0.25) is 0 Å². The lowest BCUT2D eigenvalue weighted by molar-refractivity contribution is 0.0626. The van der Waals surface area contributed by atoms with Gasteiger partial charge in [-0.05, 0) is 18.2 Å². The quantitative estimate of drug-likeness (QED) is 0.852. The Bertz CT molecular complexity index is 892. The number of H-pyrrole nitrogens is 1. The molecular weight excluding hydrogens is 383 g/mol. The van der Waals surface area contributed by atoms with Crippen molar-refractivity contribution in [3.8, 4) is 0 Å². The average Bonchev–Trinajstić information content (AvgIpc) is 3.25. The lowest BCUT2D eigenvalue weighted by Crippen LogP contribution is -2.52. The molecule has 1 aromatic heterocycles. The minimum Gasteiger partial charge on any atom is -0.336 e. The first-order valence-corrected chi connectivity index (χ1v) is 9.44. The smallest absolute Gasteiger partial charge is 0.256 e. The van der Waals surface area contributed by atoms with Gasteiger partial charge in [-0.3, -0.25) is 19.8 Å². The minimum atomic E-state index is -0.657. The van der Waals surface area contributed by atoms with E-state index in [0.717, 1.165) is 5.82 Å². The Kier molecular flexibility index (Phi) is 5.40. The molecule has 0 saturated carbocycles. The Balaban J connectivity index is 1.36. The number of halogens is 2. The van der Waals surface area contributed by atoms with Crippen LogP contribution < -0.4 is 4.90 Å². The number of carbonyl (C=O) groups excluding carboxylic acids is 1. The molecule has 2 aromatic rings. The fourth-order valence-corrected chi connectivity index (χ4v) is 3.60. The van der Waals surface area contributed by atoms with Crippen LogP contribution in [0.4, 0.5) is 10.2 Å². The van der Waals surface area contributed by atoms with Crippen molar-refractivity contribution in [2.75, 3.05) is 37.6 Å². The molecule has 0 spiro atoms. The summed E-state index contributed by atoms with van der Waals surface area (Å²) in [6, 6.07) is 6.40. The summed E-state index contributed by atoms with van der Waals surface area (Å²) >= 11 is 5.80. The van der Waals surface area contributed by atoms with E-state index in [-0.39, 0.29) is 22.7 Å². The van der Waals surface area contributed by atoms with E-state index >= 15 is 0 Å². The molecule has 1 atom stereocenters. The molecule has 0 aliphatic carbocycles. The number of aliphatic imine (C=N–C) groups is 1. The Morgan fingerprint density at radius 2 is 2.07 bits per heavy atom. The van der Waals surface area contributed by atoms with Crippen LogP contribution in [0.1, 0.15) is 10.4 Å². The van der Waals surface area contributed by atoms with E-state index in [4.69, 9.17) is 11.6 Å². The van der Waals surface area contributed by atoms with Crippen LogP contribution in [0.5, 0.6) is 0 Å². The van der Waals surface area contributed by atoms with Gasteiger partial charge in [0.15, 0.2) is 5.82 Å². The van der Waals surface area contributed by atoms with Gasteiger partial charge in [0.25, 0.3) is 5.91 Å². The molecule has 28 heavy (non-hydrogen) atoms. The summed E-state index contributed by atoms with van der Waals surface area (Å²) in [5.74, 6) is -0.101. The summed E-state index contributed by atoms with van der Waals surface area (Å²) in [7, 11) is 0. The van der Waals surface area contributed by atoms with E-state index < -0.39 is 5.82 Å². The summed E-state index contributed by atoms with van der Waals surface area (Å²) < 4.78 is 14.1. The minimum absolute atomic E-state index is 0.0217. The molecule has 9 heteroatoms. The van der Waals surface area contributed by atoms with Crippen molar-refractivity contribution in [3.05, 3.63) is 59.1 Å². The fraction of sp³-hybridized carbons (Fsp3) is 0.316. The maximum absolute atomic E-state index is 14.1. The summed E-state index contributed by atoms with van der Waals surface area (Å²) in [4.78, 5) is 23.2. The van der Waals surface area contributed by atoms with Crippen LogP contribution in [0.15, 0.2) is 47.7 Å². The monoisotopic (exact) mass is 402 g/mol. The fourth-order valence-electron chi connectivity index (χ4n) is 3.42. The third-order valence-electron chi connectivity index (χ3n) is 4.94. The molecule has 4 rings (SSSR count). The number of benzene rings is 1. The van der Waals surface area contributed by atoms with Gasteiger partial charge in [-0.15, -0.1) is 0 Å². The van der Waals surface area contributed by atoms with E-state index in [1.807, 2.05) is 23.2 Å². The average molecular weight is 403 g/mol. The van der Waals surface area contributed by atoms with Crippen molar-refractivity contribution in [2.24, 2.45) is 4.99 Å². The van der Waals surface area contributed by atoms with Gasteiger partial charge < -0.3 is 9.80 Å². The predicted octanol–water partition coefficient (Wildman–Crippen LogP) is 2.39. The molecule has 0 radical (unpaired) electrons. The van der Waals surface area contributed by atoms with Gasteiger partial charge in [0, 0.05) is 51.2 Å². The van der Waals surface area contributed by atoms with Crippen LogP contribution >= 0.6 is 11.6 Å². The van der Waals surface area contributed by atoms with Crippen molar-refractivity contribution < 1.29 is 9.18 Å². The van der Waals surface area contributed by atoms with Crippen LogP contribution in [-0.4, -0.2) is 71.0 Å². The highest BCUT2D eigenvalue weighted by atomic mass is 35.5. The largest absolute Gasteiger partial charge is 0.336 e. The highest BCUT2D eigenvalue weighted by Crippen LogP contribution is 2.21. The van der Waals surface area contributed by atoms with Gasteiger partial charge in [-0.25, -0.2) is 4.39 Å². The highest BCUT2D eigenvalue weighted by molar-refractivity contribution is 6.31. The van der Waals surface area contributed by atoms with E-state index in [1.54, 1.807) is 23.4 Å². The number of hydrogen-bond donors (Lipinski definition) is 1. The van der Waals surface area contributed by atoms with Crippen LogP contribution in [0.2, 0.25) is 5.02 Å². The van der Waals surface area contributed by atoms with E-state index in [9.17, 15) is 9.18 Å². The number of aromatic nitrogens is 2. The predicted molar refractivity (Wildman–Crippen MR) is 106 cm³/mol. The Morgan fingerprint density at radius 3 is 2.82 bits per heavy atom. The normalized spacial score (nSPS) is 20.0. The molecule has 1 fully saturated rings. The van der Waals surface area contributed by atoms with Crippen LogP contribution in [0.3, 0.4) is 0 Å². The van der Waals surface area contributed by atoms with E-state index in [1.165, 1.54) is 12.1 Å². The second-order valence-corrected chi connectivity index (χ2v) is 7.07. The van der Waals surface area contributed by atoms with E-state index in [2.05, 4.69) is 20.1 Å². The highest BCUT2D eigenvalue weighted by Gasteiger charge is 2.27. The number of aromatic amines is 1. The molecule has 0 bridgehead atoms. The van der Waals surface area contributed by atoms with Gasteiger partial charge in [0.1, 0.15) is 12.0 Å². The molecule has 1 N–H and O–H groups in total. The van der Waals surface area contributed by atoms with E-state index in [0.29, 0.717) is 32.7 Å². The topological polar surface area (TPSA) is 67.8 Å². The zero-order chi connectivity index (χ0) is 19.5. The van der Waals surface area contributed by atoms with Gasteiger partial charge in [-0.1, -0.05) is 17.7 Å². The summed E-state index contributed by atoms with van der Waals surface area (Å²) in [5, 5.41) is 6.92. The van der Waals surface area contributed by atoms with Crippen molar-refractivity contribution in [1.82, 2.24) is 20.0 Å². The van der Waals surface area contributed by atoms with Crippen molar-refractivity contribution in [2.45, 2.75) is 6.17 Å². The van der Waals surface area contributed by atoms with Crippen LogP contribution in [0.25, 0.3) is 0 Å².